The average Bonchev–Trinajstić information content (AvgIpc) is 2.57. The summed E-state index contributed by atoms with van der Waals surface area (Å²) in [6.45, 7) is 6.28. The van der Waals surface area contributed by atoms with Crippen LogP contribution in [0.3, 0.4) is 0 Å². The predicted molar refractivity (Wildman–Crippen MR) is 62.7 cm³/mol. The van der Waals surface area contributed by atoms with Gasteiger partial charge in [-0.3, -0.25) is 9.89 Å². The van der Waals surface area contributed by atoms with Crippen LogP contribution in [0, 0.1) is 6.92 Å². The Morgan fingerprint density at radius 1 is 1.62 bits per heavy atom. The summed E-state index contributed by atoms with van der Waals surface area (Å²) in [4.78, 5) is 11.5. The molecular formula is C11H20N4O. The smallest absolute Gasteiger partial charge is 0.220 e. The normalized spacial score (nSPS) is 11.5. The molecule has 0 aliphatic rings. The molecule has 0 saturated heterocycles. The summed E-state index contributed by atoms with van der Waals surface area (Å²) in [7, 11) is 0. The zero-order valence-corrected chi connectivity index (χ0v) is 10.1. The summed E-state index contributed by atoms with van der Waals surface area (Å²) in [5.41, 5.74) is 7.51. The molecule has 0 aliphatic heterocycles. The molecule has 0 unspecified atom stereocenters. The molecule has 1 aromatic heterocycles. The molecule has 5 nitrogen and oxygen atoms in total. The number of carbonyl (C=O) groups is 1. The van der Waals surface area contributed by atoms with Crippen molar-refractivity contribution in [3.8, 4) is 0 Å². The van der Waals surface area contributed by atoms with Gasteiger partial charge in [0, 0.05) is 29.8 Å². The molecule has 16 heavy (non-hydrogen) atoms. The molecule has 1 heterocycles. The minimum absolute atomic E-state index is 0.0270. The second-order valence-electron chi connectivity index (χ2n) is 4.79. The first-order valence-electron chi connectivity index (χ1n) is 5.43. The van der Waals surface area contributed by atoms with E-state index in [-0.39, 0.29) is 11.4 Å². The largest absolute Gasteiger partial charge is 0.352 e. The molecule has 90 valence electrons. The van der Waals surface area contributed by atoms with Crippen LogP contribution in [0.1, 0.15) is 37.9 Å². The highest BCUT2D eigenvalue weighted by molar-refractivity contribution is 5.75. The van der Waals surface area contributed by atoms with E-state index in [2.05, 4.69) is 15.5 Å². The summed E-state index contributed by atoms with van der Waals surface area (Å²) < 4.78 is 0. The van der Waals surface area contributed by atoms with Crippen LogP contribution in [-0.4, -0.2) is 21.6 Å². The first-order chi connectivity index (χ1) is 7.38. The van der Waals surface area contributed by atoms with E-state index < -0.39 is 0 Å². The molecule has 0 radical (unpaired) electrons. The van der Waals surface area contributed by atoms with Gasteiger partial charge in [-0.1, -0.05) is 0 Å². The molecule has 4 N–H and O–H groups in total. The highest BCUT2D eigenvalue weighted by atomic mass is 16.1. The summed E-state index contributed by atoms with van der Waals surface area (Å²) in [5.74, 6) is 0.0270. The SMILES string of the molecule is Cc1[nH]ncc1CNC(=O)CCC(C)(C)N. The van der Waals surface area contributed by atoms with Crippen molar-refractivity contribution >= 4 is 5.91 Å². The van der Waals surface area contributed by atoms with Crippen molar-refractivity contribution in [1.29, 1.82) is 0 Å². The summed E-state index contributed by atoms with van der Waals surface area (Å²) >= 11 is 0. The molecule has 0 aromatic carbocycles. The number of aromatic nitrogens is 2. The van der Waals surface area contributed by atoms with Crippen LogP contribution in [0.15, 0.2) is 6.20 Å². The zero-order chi connectivity index (χ0) is 12.2. The van der Waals surface area contributed by atoms with Gasteiger partial charge in [0.25, 0.3) is 0 Å². The highest BCUT2D eigenvalue weighted by Crippen LogP contribution is 2.07. The van der Waals surface area contributed by atoms with Crippen molar-refractivity contribution in [3.63, 3.8) is 0 Å². The summed E-state index contributed by atoms with van der Waals surface area (Å²) in [6, 6.07) is 0. The van der Waals surface area contributed by atoms with Crippen LogP contribution in [-0.2, 0) is 11.3 Å². The Balaban J connectivity index is 2.29. The molecule has 0 spiro atoms. The van der Waals surface area contributed by atoms with Gasteiger partial charge >= 0.3 is 0 Å². The third-order valence-corrected chi connectivity index (χ3v) is 2.41. The number of rotatable bonds is 5. The topological polar surface area (TPSA) is 83.8 Å². The second kappa shape index (κ2) is 5.12. The van der Waals surface area contributed by atoms with E-state index in [9.17, 15) is 4.79 Å². The average molecular weight is 224 g/mol. The predicted octanol–water partition coefficient (Wildman–Crippen LogP) is 0.852. The number of nitrogens with one attached hydrogen (secondary N) is 2. The van der Waals surface area contributed by atoms with Gasteiger partial charge in [-0.15, -0.1) is 0 Å². The lowest BCUT2D eigenvalue weighted by atomic mass is 10.00. The number of carbonyl (C=O) groups excluding carboxylic acids is 1. The van der Waals surface area contributed by atoms with Gasteiger partial charge in [-0.05, 0) is 27.2 Å². The second-order valence-corrected chi connectivity index (χ2v) is 4.79. The van der Waals surface area contributed by atoms with Crippen molar-refractivity contribution in [3.05, 3.63) is 17.5 Å². The van der Waals surface area contributed by atoms with Gasteiger partial charge in [-0.2, -0.15) is 5.10 Å². The molecule has 1 amide bonds. The molecule has 5 heteroatoms. The van der Waals surface area contributed by atoms with Gasteiger partial charge in [0.2, 0.25) is 5.91 Å². The Morgan fingerprint density at radius 3 is 2.81 bits per heavy atom. The van der Waals surface area contributed by atoms with E-state index in [0.29, 0.717) is 19.4 Å². The van der Waals surface area contributed by atoms with E-state index in [4.69, 9.17) is 5.73 Å². The van der Waals surface area contributed by atoms with Gasteiger partial charge in [0.05, 0.1) is 6.20 Å². The lowest BCUT2D eigenvalue weighted by Crippen LogP contribution is -2.34. The van der Waals surface area contributed by atoms with Crippen LogP contribution in [0.25, 0.3) is 0 Å². The third-order valence-electron chi connectivity index (χ3n) is 2.41. The molecule has 0 atom stereocenters. The Kier molecular flexibility index (Phi) is 4.06. The van der Waals surface area contributed by atoms with Gasteiger partial charge in [0.15, 0.2) is 0 Å². The maximum Gasteiger partial charge on any atom is 0.220 e. The van der Waals surface area contributed by atoms with Crippen molar-refractivity contribution in [2.75, 3.05) is 0 Å². The molecule has 0 aliphatic carbocycles. The monoisotopic (exact) mass is 224 g/mol. The van der Waals surface area contributed by atoms with Crippen LogP contribution < -0.4 is 11.1 Å². The highest BCUT2D eigenvalue weighted by Gasteiger charge is 2.13. The van der Waals surface area contributed by atoms with E-state index in [1.807, 2.05) is 20.8 Å². The van der Waals surface area contributed by atoms with Crippen molar-refractivity contribution < 1.29 is 4.79 Å². The van der Waals surface area contributed by atoms with Crippen molar-refractivity contribution in [2.24, 2.45) is 5.73 Å². The first kappa shape index (κ1) is 12.7. The number of nitrogens with two attached hydrogens (primary N) is 1. The van der Waals surface area contributed by atoms with Gasteiger partial charge in [0.1, 0.15) is 0 Å². The quantitative estimate of drug-likeness (QED) is 0.693. The Bertz CT molecular complexity index is 351. The summed E-state index contributed by atoms with van der Waals surface area (Å²) in [6.07, 6.45) is 2.87. The zero-order valence-electron chi connectivity index (χ0n) is 10.1. The molecule has 0 fully saturated rings. The van der Waals surface area contributed by atoms with Crippen LogP contribution in [0.5, 0.6) is 0 Å². The van der Waals surface area contributed by atoms with Gasteiger partial charge < -0.3 is 11.1 Å². The van der Waals surface area contributed by atoms with Crippen molar-refractivity contribution in [1.82, 2.24) is 15.5 Å². The van der Waals surface area contributed by atoms with Crippen LogP contribution in [0.4, 0.5) is 0 Å². The Morgan fingerprint density at radius 2 is 2.31 bits per heavy atom. The van der Waals surface area contributed by atoms with Crippen LogP contribution in [0.2, 0.25) is 0 Å². The molecule has 0 bridgehead atoms. The fourth-order valence-electron chi connectivity index (χ4n) is 1.27. The lowest BCUT2D eigenvalue weighted by molar-refractivity contribution is -0.121. The number of aromatic amines is 1. The minimum Gasteiger partial charge on any atom is -0.352 e. The maximum absolute atomic E-state index is 11.5. The van der Waals surface area contributed by atoms with E-state index in [1.165, 1.54) is 0 Å². The maximum atomic E-state index is 11.5. The van der Waals surface area contributed by atoms with E-state index in [1.54, 1.807) is 6.20 Å². The third kappa shape index (κ3) is 4.44. The molecule has 1 rings (SSSR count). The summed E-state index contributed by atoms with van der Waals surface area (Å²) in [5, 5.41) is 9.56. The van der Waals surface area contributed by atoms with Crippen LogP contribution >= 0.6 is 0 Å². The number of H-pyrrole nitrogens is 1. The number of nitrogens with zero attached hydrogens (tertiary/aromatic N) is 1. The molecule has 1 aromatic rings. The van der Waals surface area contributed by atoms with Gasteiger partial charge in [-0.25, -0.2) is 0 Å². The van der Waals surface area contributed by atoms with E-state index in [0.717, 1.165) is 11.3 Å². The van der Waals surface area contributed by atoms with E-state index >= 15 is 0 Å². The molecular weight excluding hydrogens is 204 g/mol. The fraction of sp³-hybridized carbons (Fsp3) is 0.636. The fourth-order valence-corrected chi connectivity index (χ4v) is 1.27. The lowest BCUT2D eigenvalue weighted by Gasteiger charge is -2.17. The Hall–Kier alpha value is -1.36. The Labute approximate surface area is 95.8 Å². The minimum atomic E-state index is -0.289. The standard InChI is InChI=1S/C11H20N4O/c1-8-9(7-14-15-8)6-13-10(16)4-5-11(2,3)12/h7H,4-6,12H2,1-3H3,(H,13,16)(H,14,15). The first-order valence-corrected chi connectivity index (χ1v) is 5.43. The number of amides is 1. The molecule has 0 saturated carbocycles. The number of aryl methyl sites for hydroxylation is 1. The number of hydrogen-bond acceptors (Lipinski definition) is 3. The number of hydrogen-bond donors (Lipinski definition) is 3. The van der Waals surface area contributed by atoms with Crippen molar-refractivity contribution in [2.45, 2.75) is 45.7 Å².